The van der Waals surface area contributed by atoms with E-state index in [2.05, 4.69) is 37.2 Å². The molecule has 2 amide bonds. The van der Waals surface area contributed by atoms with Crippen LogP contribution in [0.3, 0.4) is 0 Å². The number of fused-ring (bicyclic) bond motifs is 1. The molecule has 0 saturated carbocycles. The van der Waals surface area contributed by atoms with E-state index in [4.69, 9.17) is 4.74 Å². The predicted molar refractivity (Wildman–Crippen MR) is 90.6 cm³/mol. The Balaban J connectivity index is 2.36. The fourth-order valence-electron chi connectivity index (χ4n) is 2.21. The van der Waals surface area contributed by atoms with E-state index >= 15 is 0 Å². The molecule has 0 spiro atoms. The first-order chi connectivity index (χ1) is 10.2. The molecule has 0 radical (unpaired) electrons. The number of amides is 2. The van der Waals surface area contributed by atoms with Crippen LogP contribution < -0.4 is 5.32 Å². The van der Waals surface area contributed by atoms with Gasteiger partial charge in [0.2, 0.25) is 6.41 Å². The van der Waals surface area contributed by atoms with Crippen LogP contribution in [0, 0.1) is 0 Å². The standard InChI is InChI=1S/C13H16Br2N2O4S/c1-13(2,3)21-12(20)8-6(4-14)9(15)22-11-7(16-5-18)10(19)17(8)11/h5,7,9,11H,4H2,1-3H3,(H,16,18)/t7?,9?,11-/m0/s1. The second kappa shape index (κ2) is 6.52. The van der Waals surface area contributed by atoms with Gasteiger partial charge in [-0.25, -0.2) is 4.79 Å². The molecular formula is C13H16Br2N2O4S. The molecule has 6 nitrogen and oxygen atoms in total. The van der Waals surface area contributed by atoms with E-state index in [0.29, 0.717) is 11.7 Å². The van der Waals surface area contributed by atoms with E-state index in [1.165, 1.54) is 16.7 Å². The summed E-state index contributed by atoms with van der Waals surface area (Å²) in [7, 11) is 0. The molecule has 1 fully saturated rings. The molecule has 2 aliphatic heterocycles. The number of thioether (sulfide) groups is 1. The smallest absolute Gasteiger partial charge is 0.355 e. The second-order valence-corrected chi connectivity index (χ2v) is 9.13. The van der Waals surface area contributed by atoms with Crippen LogP contribution in [0.2, 0.25) is 0 Å². The average molecular weight is 456 g/mol. The molecular weight excluding hydrogens is 440 g/mol. The summed E-state index contributed by atoms with van der Waals surface area (Å²) in [5.41, 5.74) is 0.345. The number of nitrogens with one attached hydrogen (secondary N) is 1. The first-order valence-electron chi connectivity index (χ1n) is 6.56. The molecule has 1 saturated heterocycles. The number of ether oxygens (including phenoxy) is 1. The number of alkyl halides is 2. The van der Waals surface area contributed by atoms with Gasteiger partial charge < -0.3 is 10.1 Å². The van der Waals surface area contributed by atoms with Crippen molar-refractivity contribution < 1.29 is 19.1 Å². The van der Waals surface area contributed by atoms with E-state index in [1.807, 2.05) is 0 Å². The summed E-state index contributed by atoms with van der Waals surface area (Å²) in [6.07, 6.45) is 0.501. The Kier molecular flexibility index (Phi) is 5.28. The molecule has 2 heterocycles. The summed E-state index contributed by atoms with van der Waals surface area (Å²) in [5, 5.41) is 2.62. The number of carbonyl (C=O) groups excluding carboxylic acids is 3. The Hall–Kier alpha value is -0.540. The highest BCUT2D eigenvalue weighted by Gasteiger charge is 2.55. The maximum atomic E-state index is 12.5. The first kappa shape index (κ1) is 17.8. The summed E-state index contributed by atoms with van der Waals surface area (Å²) in [6.45, 7) is 5.32. The van der Waals surface area contributed by atoms with Crippen molar-refractivity contribution in [2.24, 2.45) is 0 Å². The molecule has 0 aliphatic carbocycles. The highest BCUT2D eigenvalue weighted by molar-refractivity contribution is 9.11. The zero-order valence-corrected chi connectivity index (χ0v) is 16.2. The van der Waals surface area contributed by atoms with E-state index in [-0.39, 0.29) is 21.1 Å². The van der Waals surface area contributed by atoms with Gasteiger partial charge in [-0.2, -0.15) is 0 Å². The van der Waals surface area contributed by atoms with Crippen LogP contribution in [0.4, 0.5) is 0 Å². The Bertz CT molecular complexity index is 547. The molecule has 3 atom stereocenters. The predicted octanol–water partition coefficient (Wildman–Crippen LogP) is 1.73. The number of hydrogen-bond acceptors (Lipinski definition) is 5. The highest BCUT2D eigenvalue weighted by Crippen LogP contribution is 2.47. The van der Waals surface area contributed by atoms with E-state index in [0.717, 1.165) is 5.57 Å². The van der Waals surface area contributed by atoms with Crippen molar-refractivity contribution in [3.8, 4) is 0 Å². The van der Waals surface area contributed by atoms with Crippen LogP contribution in [0.25, 0.3) is 0 Å². The maximum absolute atomic E-state index is 12.5. The Labute approximate surface area is 149 Å². The number of hydrogen-bond donors (Lipinski definition) is 1. The number of rotatable bonds is 4. The lowest BCUT2D eigenvalue weighted by atomic mass is 10.0. The summed E-state index contributed by atoms with van der Waals surface area (Å²) in [6, 6.07) is -0.614. The topological polar surface area (TPSA) is 75.7 Å². The van der Waals surface area contributed by atoms with Gasteiger partial charge in [-0.05, 0) is 26.3 Å². The lowest BCUT2D eigenvalue weighted by molar-refractivity contribution is -0.158. The van der Waals surface area contributed by atoms with Crippen molar-refractivity contribution in [3.63, 3.8) is 0 Å². The molecule has 1 N–H and O–H groups in total. The van der Waals surface area contributed by atoms with Gasteiger partial charge in [0.1, 0.15) is 22.7 Å². The zero-order chi connectivity index (χ0) is 16.7. The van der Waals surface area contributed by atoms with Crippen molar-refractivity contribution in [1.29, 1.82) is 0 Å². The normalized spacial score (nSPS) is 28.0. The summed E-state index contributed by atoms with van der Waals surface area (Å²) >= 11 is 8.34. The Morgan fingerprint density at radius 3 is 2.64 bits per heavy atom. The van der Waals surface area contributed by atoms with Crippen molar-refractivity contribution in [3.05, 3.63) is 11.3 Å². The van der Waals surface area contributed by atoms with Crippen LogP contribution in [-0.4, -0.2) is 49.7 Å². The Morgan fingerprint density at radius 1 is 1.50 bits per heavy atom. The fourth-order valence-corrected chi connectivity index (χ4v) is 5.78. The largest absolute Gasteiger partial charge is 0.455 e. The molecule has 2 rings (SSSR count). The summed E-state index contributed by atoms with van der Waals surface area (Å²) in [5.74, 6) is -0.835. The fraction of sp³-hybridized carbons (Fsp3) is 0.615. The third-order valence-electron chi connectivity index (χ3n) is 3.10. The van der Waals surface area contributed by atoms with Gasteiger partial charge in [-0.15, -0.1) is 11.8 Å². The monoisotopic (exact) mass is 454 g/mol. The van der Waals surface area contributed by atoms with Crippen LogP contribution in [0.15, 0.2) is 11.3 Å². The van der Waals surface area contributed by atoms with E-state index in [1.54, 1.807) is 20.8 Å². The minimum absolute atomic E-state index is 0.139. The molecule has 0 aromatic heterocycles. The van der Waals surface area contributed by atoms with Crippen molar-refractivity contribution >= 4 is 61.9 Å². The molecule has 0 aromatic rings. The second-order valence-electron chi connectivity index (χ2n) is 5.82. The quantitative estimate of drug-likeness (QED) is 0.302. The minimum Gasteiger partial charge on any atom is -0.455 e. The SMILES string of the molecule is CC(C)(C)OC(=O)C1=C(CBr)C(Br)S[C@H]2C(NC=O)C(=O)N12. The maximum Gasteiger partial charge on any atom is 0.355 e. The van der Waals surface area contributed by atoms with Crippen LogP contribution in [0.5, 0.6) is 0 Å². The summed E-state index contributed by atoms with van der Waals surface area (Å²) in [4.78, 5) is 36.8. The third-order valence-corrected chi connectivity index (χ3v) is 6.19. The van der Waals surface area contributed by atoms with Crippen molar-refractivity contribution in [2.75, 3.05) is 5.33 Å². The van der Waals surface area contributed by atoms with E-state index < -0.39 is 17.6 Å². The van der Waals surface area contributed by atoms with Gasteiger partial charge in [0, 0.05) is 5.33 Å². The van der Waals surface area contributed by atoms with E-state index in [9.17, 15) is 14.4 Å². The van der Waals surface area contributed by atoms with Gasteiger partial charge in [0.05, 0.1) is 4.16 Å². The first-order valence-corrected chi connectivity index (χ1v) is 9.54. The van der Waals surface area contributed by atoms with Crippen molar-refractivity contribution in [1.82, 2.24) is 10.2 Å². The van der Waals surface area contributed by atoms with Gasteiger partial charge in [-0.3, -0.25) is 14.5 Å². The average Bonchev–Trinajstić information content (AvgIpc) is 2.41. The molecule has 0 bridgehead atoms. The molecule has 0 aromatic carbocycles. The van der Waals surface area contributed by atoms with Gasteiger partial charge in [0.15, 0.2) is 0 Å². The van der Waals surface area contributed by atoms with Gasteiger partial charge in [0.25, 0.3) is 5.91 Å². The number of β-lactam (4-membered cyclic amide) rings is 1. The molecule has 122 valence electrons. The summed E-state index contributed by atoms with van der Waals surface area (Å²) < 4.78 is 5.28. The lowest BCUT2D eigenvalue weighted by Crippen LogP contribution is -2.70. The third kappa shape index (κ3) is 3.21. The molecule has 9 heteroatoms. The minimum atomic E-state index is -0.655. The Morgan fingerprint density at radius 2 is 2.14 bits per heavy atom. The molecule has 2 aliphatic rings. The van der Waals surface area contributed by atoms with Crippen molar-refractivity contribution in [2.45, 2.75) is 41.9 Å². The molecule has 22 heavy (non-hydrogen) atoms. The van der Waals surface area contributed by atoms with Gasteiger partial charge in [-0.1, -0.05) is 31.9 Å². The van der Waals surface area contributed by atoms with Crippen LogP contribution >= 0.6 is 43.6 Å². The number of halogens is 2. The number of carbonyl (C=O) groups is 3. The van der Waals surface area contributed by atoms with Gasteiger partial charge >= 0.3 is 5.97 Å². The number of nitrogens with zero attached hydrogens (tertiary/aromatic N) is 1. The van der Waals surface area contributed by atoms with Crippen LogP contribution in [0.1, 0.15) is 20.8 Å². The van der Waals surface area contributed by atoms with Crippen LogP contribution in [-0.2, 0) is 19.1 Å². The highest BCUT2D eigenvalue weighted by atomic mass is 79.9. The lowest BCUT2D eigenvalue weighted by Gasteiger charge is -2.50. The zero-order valence-electron chi connectivity index (χ0n) is 12.3. The number of esters is 1. The molecule has 2 unspecified atom stereocenters.